The second-order valence-electron chi connectivity index (χ2n) is 9.13. The number of aromatic nitrogens is 3. The first-order valence-corrected chi connectivity index (χ1v) is 11.7. The van der Waals surface area contributed by atoms with E-state index in [1.807, 2.05) is 25.2 Å². The summed E-state index contributed by atoms with van der Waals surface area (Å²) >= 11 is 0. The number of rotatable bonds is 8. The van der Waals surface area contributed by atoms with Crippen LogP contribution in [0.5, 0.6) is 0 Å². The zero-order valence-corrected chi connectivity index (χ0v) is 19.5. The van der Waals surface area contributed by atoms with E-state index in [-0.39, 0.29) is 6.29 Å². The zero-order valence-electron chi connectivity index (χ0n) is 19.5. The molecule has 0 radical (unpaired) electrons. The van der Waals surface area contributed by atoms with Crippen molar-refractivity contribution in [3.05, 3.63) is 41.7 Å². The summed E-state index contributed by atoms with van der Waals surface area (Å²) in [6.07, 6.45) is 5.28. The van der Waals surface area contributed by atoms with Crippen molar-refractivity contribution in [2.75, 3.05) is 50.2 Å². The summed E-state index contributed by atoms with van der Waals surface area (Å²) in [5, 5.41) is 5.08. The van der Waals surface area contributed by atoms with Crippen LogP contribution in [0, 0.1) is 12.8 Å². The molecule has 1 aliphatic carbocycles. The highest BCUT2D eigenvalue weighted by Gasteiger charge is 2.30. The van der Waals surface area contributed by atoms with Crippen LogP contribution in [0.25, 0.3) is 16.8 Å². The summed E-state index contributed by atoms with van der Waals surface area (Å²) in [6.45, 7) is 7.45. The molecule has 1 saturated carbocycles. The lowest BCUT2D eigenvalue weighted by Crippen LogP contribution is -2.35. The standard InChI is InChI=1S/C25H33N5O2/c1-5-20-25(29(15-18-9-10-18)16-24-31-11-12-32-24)22-8-6-7-21(30(22)27-20)19-14-26-23(28(3)4)13-17(19)2/h6-8,13-14,18,24H,5,9-12,15-16H2,1-4H3. The van der Waals surface area contributed by atoms with Gasteiger partial charge in [-0.25, -0.2) is 9.50 Å². The van der Waals surface area contributed by atoms with E-state index in [0.29, 0.717) is 13.2 Å². The fourth-order valence-electron chi connectivity index (χ4n) is 4.51. The van der Waals surface area contributed by atoms with Crippen LogP contribution in [0.4, 0.5) is 11.5 Å². The SMILES string of the molecule is CCc1nn2c(-c3cnc(N(C)C)cc3C)cccc2c1N(CC1CC1)CC1OCCO1. The van der Waals surface area contributed by atoms with Gasteiger partial charge in [-0.1, -0.05) is 13.0 Å². The molecule has 1 aliphatic heterocycles. The zero-order chi connectivity index (χ0) is 22.2. The van der Waals surface area contributed by atoms with Gasteiger partial charge in [-0.3, -0.25) is 0 Å². The van der Waals surface area contributed by atoms with Gasteiger partial charge in [0.1, 0.15) is 5.82 Å². The van der Waals surface area contributed by atoms with E-state index in [1.165, 1.54) is 24.1 Å². The number of hydrogen-bond donors (Lipinski definition) is 0. The van der Waals surface area contributed by atoms with Gasteiger partial charge in [0, 0.05) is 32.4 Å². The third kappa shape index (κ3) is 4.07. The molecule has 0 bridgehead atoms. The Hall–Kier alpha value is -2.64. The molecule has 0 unspecified atom stereocenters. The first-order valence-electron chi connectivity index (χ1n) is 11.7. The Morgan fingerprint density at radius 1 is 1.12 bits per heavy atom. The van der Waals surface area contributed by atoms with Crippen LogP contribution in [0.15, 0.2) is 30.5 Å². The molecule has 0 spiro atoms. The smallest absolute Gasteiger partial charge is 0.175 e. The van der Waals surface area contributed by atoms with Gasteiger partial charge >= 0.3 is 0 Å². The number of fused-ring (bicyclic) bond motifs is 1. The van der Waals surface area contributed by atoms with Crippen molar-refractivity contribution >= 4 is 17.0 Å². The Balaban J connectivity index is 1.59. The predicted octanol–water partition coefficient (Wildman–Crippen LogP) is 3.92. The fraction of sp³-hybridized carbons (Fsp3) is 0.520. The molecule has 1 saturated heterocycles. The lowest BCUT2D eigenvalue weighted by molar-refractivity contribution is -0.0343. The van der Waals surface area contributed by atoms with Gasteiger partial charge in [-0.15, -0.1) is 0 Å². The van der Waals surface area contributed by atoms with Crippen molar-refractivity contribution < 1.29 is 9.47 Å². The molecule has 5 rings (SSSR count). The Morgan fingerprint density at radius 3 is 2.56 bits per heavy atom. The second-order valence-corrected chi connectivity index (χ2v) is 9.13. The van der Waals surface area contributed by atoms with Gasteiger partial charge in [0.15, 0.2) is 6.29 Å². The third-order valence-corrected chi connectivity index (χ3v) is 6.42. The van der Waals surface area contributed by atoms with Crippen molar-refractivity contribution in [1.82, 2.24) is 14.6 Å². The summed E-state index contributed by atoms with van der Waals surface area (Å²) in [4.78, 5) is 9.15. The number of hydrogen-bond acceptors (Lipinski definition) is 6. The van der Waals surface area contributed by atoms with Crippen LogP contribution >= 0.6 is 0 Å². The van der Waals surface area contributed by atoms with E-state index >= 15 is 0 Å². The summed E-state index contributed by atoms with van der Waals surface area (Å²) in [5.74, 6) is 1.71. The second kappa shape index (κ2) is 8.71. The van der Waals surface area contributed by atoms with Gasteiger partial charge in [-0.2, -0.15) is 5.10 Å². The van der Waals surface area contributed by atoms with E-state index in [9.17, 15) is 0 Å². The van der Waals surface area contributed by atoms with Crippen LogP contribution in [0.3, 0.4) is 0 Å². The first kappa shape index (κ1) is 21.2. The maximum absolute atomic E-state index is 5.80. The molecule has 0 N–H and O–H groups in total. The maximum Gasteiger partial charge on any atom is 0.175 e. The van der Waals surface area contributed by atoms with Crippen LogP contribution in [-0.4, -0.2) is 61.3 Å². The molecule has 3 aromatic heterocycles. The number of aryl methyl sites for hydroxylation is 2. The van der Waals surface area contributed by atoms with Crippen molar-refractivity contribution in [2.45, 2.75) is 39.4 Å². The molecule has 2 fully saturated rings. The Bertz CT molecular complexity index is 1100. The molecule has 3 aromatic rings. The minimum absolute atomic E-state index is 0.165. The predicted molar refractivity (Wildman–Crippen MR) is 127 cm³/mol. The number of anilines is 2. The first-order chi connectivity index (χ1) is 15.5. The highest BCUT2D eigenvalue weighted by atomic mass is 16.7. The van der Waals surface area contributed by atoms with Crippen molar-refractivity contribution in [3.8, 4) is 11.3 Å². The highest BCUT2D eigenvalue weighted by Crippen LogP contribution is 2.36. The van der Waals surface area contributed by atoms with Crippen LogP contribution in [-0.2, 0) is 15.9 Å². The summed E-state index contributed by atoms with van der Waals surface area (Å²) in [6, 6.07) is 8.58. The van der Waals surface area contributed by atoms with Gasteiger partial charge in [0.05, 0.1) is 42.4 Å². The molecule has 0 aromatic carbocycles. The molecule has 0 amide bonds. The summed E-state index contributed by atoms with van der Waals surface area (Å²) < 4.78 is 13.7. The van der Waals surface area contributed by atoms with E-state index in [0.717, 1.165) is 53.7 Å². The number of ether oxygens (including phenoxy) is 2. The molecule has 170 valence electrons. The molecule has 4 heterocycles. The van der Waals surface area contributed by atoms with Crippen LogP contribution in [0.1, 0.15) is 31.0 Å². The van der Waals surface area contributed by atoms with E-state index in [4.69, 9.17) is 14.6 Å². The van der Waals surface area contributed by atoms with Gasteiger partial charge < -0.3 is 19.3 Å². The van der Waals surface area contributed by atoms with Crippen LogP contribution in [0.2, 0.25) is 0 Å². The molecule has 2 aliphatic rings. The lowest BCUT2D eigenvalue weighted by atomic mass is 10.1. The van der Waals surface area contributed by atoms with Gasteiger partial charge in [0.2, 0.25) is 0 Å². The third-order valence-electron chi connectivity index (χ3n) is 6.42. The molecule has 7 heteroatoms. The molecular weight excluding hydrogens is 402 g/mol. The van der Waals surface area contributed by atoms with Crippen LogP contribution < -0.4 is 9.80 Å². The molecule has 0 atom stereocenters. The number of nitrogens with zero attached hydrogens (tertiary/aromatic N) is 5. The van der Waals surface area contributed by atoms with E-state index in [1.54, 1.807) is 0 Å². The fourth-order valence-corrected chi connectivity index (χ4v) is 4.51. The van der Waals surface area contributed by atoms with Gasteiger partial charge in [-0.05, 0) is 55.9 Å². The summed E-state index contributed by atoms with van der Waals surface area (Å²) in [5.41, 5.74) is 6.83. The highest BCUT2D eigenvalue weighted by molar-refractivity contribution is 5.80. The van der Waals surface area contributed by atoms with Crippen molar-refractivity contribution in [1.29, 1.82) is 0 Å². The molecule has 7 nitrogen and oxygen atoms in total. The molecular formula is C25H33N5O2. The van der Waals surface area contributed by atoms with Gasteiger partial charge in [0.25, 0.3) is 0 Å². The maximum atomic E-state index is 5.80. The largest absolute Gasteiger partial charge is 0.363 e. The quantitative estimate of drug-likeness (QED) is 0.535. The average molecular weight is 436 g/mol. The average Bonchev–Trinajstić information content (AvgIpc) is 3.30. The normalized spacial score (nSPS) is 16.8. The minimum atomic E-state index is -0.165. The molecule has 32 heavy (non-hydrogen) atoms. The Morgan fingerprint density at radius 2 is 1.91 bits per heavy atom. The Kier molecular flexibility index (Phi) is 5.78. The number of pyridine rings is 2. The van der Waals surface area contributed by atoms with E-state index < -0.39 is 0 Å². The minimum Gasteiger partial charge on any atom is -0.363 e. The monoisotopic (exact) mass is 435 g/mol. The van der Waals surface area contributed by atoms with Crippen molar-refractivity contribution in [2.24, 2.45) is 5.92 Å². The van der Waals surface area contributed by atoms with E-state index in [2.05, 4.69) is 52.5 Å². The van der Waals surface area contributed by atoms with Crippen molar-refractivity contribution in [3.63, 3.8) is 0 Å². The summed E-state index contributed by atoms with van der Waals surface area (Å²) in [7, 11) is 4.03. The topological polar surface area (TPSA) is 55.1 Å². The Labute approximate surface area is 189 Å². The lowest BCUT2D eigenvalue weighted by Gasteiger charge is -2.27.